The number of ether oxygens (including phenoxy) is 1. The van der Waals surface area contributed by atoms with Crippen LogP contribution < -0.4 is 9.62 Å². The van der Waals surface area contributed by atoms with Gasteiger partial charge in [-0.25, -0.2) is 8.42 Å². The molecule has 6 nitrogen and oxygen atoms in total. The molecule has 2 aliphatic heterocycles. The average Bonchev–Trinajstić information content (AvgIpc) is 2.57. The minimum atomic E-state index is -3.27. The van der Waals surface area contributed by atoms with Gasteiger partial charge >= 0.3 is 0 Å². The van der Waals surface area contributed by atoms with Crippen molar-refractivity contribution in [1.82, 2.24) is 0 Å². The van der Waals surface area contributed by atoms with E-state index >= 15 is 0 Å². The number of hydrogen-bond donors (Lipinski definition) is 1. The maximum Gasteiger partial charge on any atom is 0.235 e. The van der Waals surface area contributed by atoms with Crippen molar-refractivity contribution in [2.45, 2.75) is 51.6 Å². The molecule has 1 N–H and O–H groups in total. The molecule has 0 bridgehead atoms. The van der Waals surface area contributed by atoms with E-state index in [9.17, 15) is 13.2 Å². The number of benzene rings is 1. The Morgan fingerprint density at radius 1 is 1.28 bits per heavy atom. The summed E-state index contributed by atoms with van der Waals surface area (Å²) in [5.41, 5.74) is 2.17. The molecule has 25 heavy (non-hydrogen) atoms. The van der Waals surface area contributed by atoms with Crippen LogP contribution >= 0.6 is 0 Å². The van der Waals surface area contributed by atoms with Gasteiger partial charge in [0.25, 0.3) is 0 Å². The molecular weight excluding hydrogens is 340 g/mol. The molecular formula is C18H26N2O4S. The highest BCUT2D eigenvalue weighted by atomic mass is 32.2. The number of anilines is 2. The largest absolute Gasteiger partial charge is 0.378 e. The van der Waals surface area contributed by atoms with Gasteiger partial charge in [-0.2, -0.15) is 0 Å². The molecule has 1 aromatic rings. The molecule has 1 unspecified atom stereocenters. The second-order valence-corrected chi connectivity index (χ2v) is 8.85. The van der Waals surface area contributed by atoms with E-state index in [0.29, 0.717) is 30.8 Å². The van der Waals surface area contributed by atoms with Crippen molar-refractivity contribution in [2.75, 3.05) is 28.5 Å². The lowest BCUT2D eigenvalue weighted by molar-refractivity contribution is -0.119. The highest BCUT2D eigenvalue weighted by molar-refractivity contribution is 7.92. The Morgan fingerprint density at radius 3 is 2.84 bits per heavy atom. The Hall–Kier alpha value is -1.60. The predicted octanol–water partition coefficient (Wildman–Crippen LogP) is 2.82. The van der Waals surface area contributed by atoms with Crippen LogP contribution in [-0.4, -0.2) is 39.3 Å². The summed E-state index contributed by atoms with van der Waals surface area (Å²) in [6.45, 7) is 3.11. The monoisotopic (exact) mass is 366 g/mol. The Kier molecular flexibility index (Phi) is 5.64. The third kappa shape index (κ3) is 4.52. The number of amides is 1. The fourth-order valence-electron chi connectivity index (χ4n) is 3.40. The van der Waals surface area contributed by atoms with Gasteiger partial charge in [-0.3, -0.25) is 9.10 Å². The van der Waals surface area contributed by atoms with Crippen molar-refractivity contribution in [1.29, 1.82) is 0 Å². The van der Waals surface area contributed by atoms with E-state index in [4.69, 9.17) is 4.74 Å². The number of rotatable bonds is 4. The molecule has 0 spiro atoms. The predicted molar refractivity (Wildman–Crippen MR) is 98.4 cm³/mol. The van der Waals surface area contributed by atoms with Gasteiger partial charge in [0.05, 0.1) is 24.0 Å². The van der Waals surface area contributed by atoms with Gasteiger partial charge in [0, 0.05) is 18.8 Å². The number of sulfonamides is 1. The lowest BCUT2D eigenvalue weighted by Gasteiger charge is -2.30. The van der Waals surface area contributed by atoms with Gasteiger partial charge in [0.2, 0.25) is 15.9 Å². The van der Waals surface area contributed by atoms with Crippen molar-refractivity contribution < 1.29 is 17.9 Å². The Labute approximate surface area is 149 Å². The van der Waals surface area contributed by atoms with Crippen LogP contribution in [0.25, 0.3) is 0 Å². The summed E-state index contributed by atoms with van der Waals surface area (Å²) in [5, 5.41) is 2.88. The zero-order chi connectivity index (χ0) is 17.9. The summed E-state index contributed by atoms with van der Waals surface area (Å²) in [6, 6.07) is 5.43. The molecule has 0 radical (unpaired) electrons. The minimum absolute atomic E-state index is 0.0128. The summed E-state index contributed by atoms with van der Waals surface area (Å²) in [5.74, 6) is 0.0883. The molecule has 2 saturated heterocycles. The summed E-state index contributed by atoms with van der Waals surface area (Å²) in [4.78, 5) is 12.3. The summed E-state index contributed by atoms with van der Waals surface area (Å²) < 4.78 is 31.8. The fraction of sp³-hybridized carbons (Fsp3) is 0.611. The molecule has 2 heterocycles. The van der Waals surface area contributed by atoms with Crippen LogP contribution in [0.15, 0.2) is 18.2 Å². The van der Waals surface area contributed by atoms with Crippen molar-refractivity contribution in [3.05, 3.63) is 23.8 Å². The second-order valence-electron chi connectivity index (χ2n) is 6.84. The summed E-state index contributed by atoms with van der Waals surface area (Å²) >= 11 is 0. The van der Waals surface area contributed by atoms with E-state index < -0.39 is 10.0 Å². The van der Waals surface area contributed by atoms with Crippen molar-refractivity contribution in [2.24, 2.45) is 0 Å². The maximum absolute atomic E-state index is 12.4. The molecule has 1 aromatic carbocycles. The lowest BCUT2D eigenvalue weighted by Crippen LogP contribution is -2.38. The zero-order valence-electron chi connectivity index (χ0n) is 14.7. The molecule has 3 rings (SSSR count). The molecule has 0 aliphatic carbocycles. The first kappa shape index (κ1) is 18.2. The van der Waals surface area contributed by atoms with Crippen LogP contribution in [0.2, 0.25) is 0 Å². The molecule has 2 aliphatic rings. The normalized spacial score (nSPS) is 23.2. The fourth-order valence-corrected chi connectivity index (χ4v) is 5.10. The Balaban J connectivity index is 1.71. The highest BCUT2D eigenvalue weighted by Gasteiger charge is 2.27. The summed E-state index contributed by atoms with van der Waals surface area (Å²) in [6.07, 6.45) is 4.96. The lowest BCUT2D eigenvalue weighted by atomic mass is 10.1. The van der Waals surface area contributed by atoms with Crippen LogP contribution in [0.4, 0.5) is 11.4 Å². The third-order valence-electron chi connectivity index (χ3n) is 4.80. The third-order valence-corrected chi connectivity index (χ3v) is 6.65. The molecule has 1 atom stereocenters. The Morgan fingerprint density at radius 2 is 2.12 bits per heavy atom. The molecule has 0 saturated carbocycles. The molecule has 1 amide bonds. The van der Waals surface area contributed by atoms with Gasteiger partial charge in [-0.05, 0) is 56.7 Å². The van der Waals surface area contributed by atoms with Crippen molar-refractivity contribution in [3.63, 3.8) is 0 Å². The maximum atomic E-state index is 12.4. The number of carbonyl (C=O) groups is 1. The number of nitrogens with one attached hydrogen (secondary N) is 1. The first-order valence-electron chi connectivity index (χ1n) is 8.98. The summed E-state index contributed by atoms with van der Waals surface area (Å²) in [7, 11) is -3.27. The minimum Gasteiger partial charge on any atom is -0.378 e. The molecule has 2 fully saturated rings. The highest BCUT2D eigenvalue weighted by Crippen LogP contribution is 2.29. The van der Waals surface area contributed by atoms with Gasteiger partial charge in [0.1, 0.15) is 0 Å². The second kappa shape index (κ2) is 7.74. The van der Waals surface area contributed by atoms with Crippen LogP contribution in [-0.2, 0) is 19.6 Å². The SMILES string of the molecule is Cc1ccc(NC(=O)CC2CCCCO2)cc1N1CCCCS1(=O)=O. The van der Waals surface area contributed by atoms with Gasteiger partial charge in [-0.15, -0.1) is 0 Å². The number of nitrogens with zero attached hydrogens (tertiary/aromatic N) is 1. The van der Waals surface area contributed by atoms with Gasteiger partial charge in [-0.1, -0.05) is 6.07 Å². The Bertz CT molecular complexity index is 727. The quantitative estimate of drug-likeness (QED) is 0.889. The molecule has 138 valence electrons. The number of aryl methyl sites for hydroxylation is 1. The first-order valence-corrected chi connectivity index (χ1v) is 10.6. The van der Waals surface area contributed by atoms with E-state index in [1.54, 1.807) is 6.07 Å². The van der Waals surface area contributed by atoms with E-state index in [0.717, 1.165) is 37.9 Å². The number of carbonyl (C=O) groups excluding carboxylic acids is 1. The smallest absolute Gasteiger partial charge is 0.235 e. The van der Waals surface area contributed by atoms with E-state index in [2.05, 4.69) is 5.32 Å². The average molecular weight is 366 g/mol. The zero-order valence-corrected chi connectivity index (χ0v) is 15.5. The molecule has 0 aromatic heterocycles. The molecule has 7 heteroatoms. The van der Waals surface area contributed by atoms with Crippen LogP contribution in [0.5, 0.6) is 0 Å². The van der Waals surface area contributed by atoms with Crippen molar-refractivity contribution >= 4 is 27.3 Å². The van der Waals surface area contributed by atoms with E-state index in [1.807, 2.05) is 19.1 Å². The van der Waals surface area contributed by atoms with E-state index in [-0.39, 0.29) is 17.8 Å². The van der Waals surface area contributed by atoms with Crippen molar-refractivity contribution in [3.8, 4) is 0 Å². The van der Waals surface area contributed by atoms with Crippen LogP contribution in [0.3, 0.4) is 0 Å². The van der Waals surface area contributed by atoms with Gasteiger partial charge < -0.3 is 10.1 Å². The van der Waals surface area contributed by atoms with Crippen LogP contribution in [0.1, 0.15) is 44.1 Å². The van der Waals surface area contributed by atoms with Crippen LogP contribution in [0, 0.1) is 6.92 Å². The first-order chi connectivity index (χ1) is 12.0. The van der Waals surface area contributed by atoms with E-state index in [1.165, 1.54) is 4.31 Å². The standard InChI is InChI=1S/C18H26N2O4S/c1-14-7-8-15(19-18(21)13-16-6-2-4-10-24-16)12-17(14)20-9-3-5-11-25(20,22)23/h7-8,12,16H,2-6,9-11,13H2,1H3,(H,19,21). The number of hydrogen-bond acceptors (Lipinski definition) is 4. The topological polar surface area (TPSA) is 75.7 Å². The van der Waals surface area contributed by atoms with Gasteiger partial charge in [0.15, 0.2) is 0 Å².